The van der Waals surface area contributed by atoms with Crippen molar-refractivity contribution in [2.45, 2.75) is 44.1 Å². The first kappa shape index (κ1) is 25.3. The Labute approximate surface area is 217 Å². The Balaban J connectivity index is 1.46. The van der Waals surface area contributed by atoms with E-state index in [9.17, 15) is 10.1 Å². The Morgan fingerprint density at radius 3 is 2.37 bits per heavy atom. The third kappa shape index (κ3) is 7.08. The van der Waals surface area contributed by atoms with Crippen LogP contribution in [-0.4, -0.2) is 25.0 Å². The zero-order chi connectivity index (χ0) is 24.6. The van der Waals surface area contributed by atoms with E-state index in [4.69, 9.17) is 23.2 Å². The van der Waals surface area contributed by atoms with E-state index in [0.717, 1.165) is 24.1 Å². The highest BCUT2D eigenvalue weighted by atomic mass is 35.5. The summed E-state index contributed by atoms with van der Waals surface area (Å²) in [6.45, 7) is 1.42. The van der Waals surface area contributed by atoms with Crippen LogP contribution >= 0.6 is 23.2 Å². The van der Waals surface area contributed by atoms with Gasteiger partial charge >= 0.3 is 0 Å². The number of amides is 1. The molecule has 0 aliphatic heterocycles. The quantitative estimate of drug-likeness (QED) is 0.330. The molecule has 0 aromatic heterocycles. The molecule has 1 amide bonds. The molecule has 0 radical (unpaired) electrons. The molecule has 1 unspecified atom stereocenters. The zero-order valence-corrected chi connectivity index (χ0v) is 21.1. The maximum Gasteiger partial charge on any atom is 0.251 e. The number of benzene rings is 3. The predicted molar refractivity (Wildman–Crippen MR) is 143 cm³/mol. The molecule has 1 atom stereocenters. The number of nitrogens with one attached hydrogen (secondary N) is 2. The van der Waals surface area contributed by atoms with Gasteiger partial charge in [0.15, 0.2) is 0 Å². The lowest BCUT2D eigenvalue weighted by atomic mass is 9.93. The number of rotatable bonds is 9. The van der Waals surface area contributed by atoms with Crippen LogP contribution in [-0.2, 0) is 0 Å². The van der Waals surface area contributed by atoms with Crippen LogP contribution in [0.25, 0.3) is 11.1 Å². The highest BCUT2D eigenvalue weighted by Crippen LogP contribution is 2.26. The van der Waals surface area contributed by atoms with Crippen LogP contribution in [0.2, 0.25) is 10.0 Å². The lowest BCUT2D eigenvalue weighted by Gasteiger charge is -2.21. The van der Waals surface area contributed by atoms with Crippen LogP contribution in [0.5, 0.6) is 0 Å². The number of carbonyl (C=O) groups excluding carboxylic acids is 1. The Morgan fingerprint density at radius 1 is 0.971 bits per heavy atom. The van der Waals surface area contributed by atoms with E-state index in [-0.39, 0.29) is 11.8 Å². The smallest absolute Gasteiger partial charge is 0.251 e. The van der Waals surface area contributed by atoms with Gasteiger partial charge in [-0.15, -0.1) is 0 Å². The van der Waals surface area contributed by atoms with Crippen molar-refractivity contribution in [3.05, 3.63) is 93.5 Å². The second kappa shape index (κ2) is 12.2. The van der Waals surface area contributed by atoms with E-state index in [1.54, 1.807) is 24.3 Å². The number of halogens is 2. The predicted octanol–water partition coefficient (Wildman–Crippen LogP) is 6.97. The van der Waals surface area contributed by atoms with E-state index in [1.165, 1.54) is 31.2 Å². The fourth-order valence-electron chi connectivity index (χ4n) is 4.70. The first-order valence-corrected chi connectivity index (χ1v) is 12.9. The first-order chi connectivity index (χ1) is 17.0. The van der Waals surface area contributed by atoms with Gasteiger partial charge in [-0.05, 0) is 72.8 Å². The SMILES string of the molecule is N#Cc1cccc(-c2ccc(C(CCNC3CCCC3)CNC(=O)c3cc(Cl)cc(Cl)c3)cc2)c1. The average molecular weight is 506 g/mol. The maximum atomic E-state index is 12.8. The van der Waals surface area contributed by atoms with Crippen molar-refractivity contribution < 1.29 is 4.79 Å². The third-order valence-corrected chi connectivity index (χ3v) is 7.06. The minimum Gasteiger partial charge on any atom is -0.351 e. The summed E-state index contributed by atoms with van der Waals surface area (Å²) in [5.41, 5.74) is 4.35. The van der Waals surface area contributed by atoms with Gasteiger partial charge in [0.05, 0.1) is 11.6 Å². The molecule has 4 nitrogen and oxygen atoms in total. The lowest BCUT2D eigenvalue weighted by Crippen LogP contribution is -2.32. The summed E-state index contributed by atoms with van der Waals surface area (Å²) in [5.74, 6) is -0.0323. The highest BCUT2D eigenvalue weighted by molar-refractivity contribution is 6.35. The molecule has 1 aliphatic carbocycles. The minimum absolute atomic E-state index is 0.155. The second-order valence-electron chi connectivity index (χ2n) is 9.10. The molecule has 0 heterocycles. The van der Waals surface area contributed by atoms with Gasteiger partial charge in [-0.3, -0.25) is 4.79 Å². The van der Waals surface area contributed by atoms with Crippen molar-refractivity contribution >= 4 is 29.1 Å². The van der Waals surface area contributed by atoms with Crippen molar-refractivity contribution in [2.75, 3.05) is 13.1 Å². The molecule has 2 N–H and O–H groups in total. The van der Waals surface area contributed by atoms with Gasteiger partial charge in [-0.25, -0.2) is 0 Å². The fraction of sp³-hybridized carbons (Fsp3) is 0.310. The van der Waals surface area contributed by atoms with Crippen molar-refractivity contribution in [1.29, 1.82) is 5.26 Å². The van der Waals surface area contributed by atoms with Gasteiger partial charge in [0.1, 0.15) is 0 Å². The first-order valence-electron chi connectivity index (χ1n) is 12.1. The number of nitriles is 1. The molecule has 3 aromatic carbocycles. The van der Waals surface area contributed by atoms with Gasteiger partial charge in [0.25, 0.3) is 5.91 Å². The molecule has 6 heteroatoms. The second-order valence-corrected chi connectivity index (χ2v) is 9.98. The summed E-state index contributed by atoms with van der Waals surface area (Å²) in [6, 6.07) is 23.7. The van der Waals surface area contributed by atoms with Crippen LogP contribution in [0.15, 0.2) is 66.7 Å². The van der Waals surface area contributed by atoms with E-state index in [1.807, 2.05) is 18.2 Å². The van der Waals surface area contributed by atoms with Crippen LogP contribution < -0.4 is 10.6 Å². The Hall–Kier alpha value is -2.84. The van der Waals surface area contributed by atoms with Gasteiger partial charge < -0.3 is 10.6 Å². The Kier molecular flexibility index (Phi) is 8.82. The van der Waals surface area contributed by atoms with Gasteiger partial charge in [-0.2, -0.15) is 5.26 Å². The number of hydrogen-bond donors (Lipinski definition) is 2. The van der Waals surface area contributed by atoms with Crippen LogP contribution in [0.3, 0.4) is 0 Å². The summed E-state index contributed by atoms with van der Waals surface area (Å²) in [6.07, 6.45) is 6.00. The third-order valence-electron chi connectivity index (χ3n) is 6.62. The largest absolute Gasteiger partial charge is 0.351 e. The van der Waals surface area contributed by atoms with Crippen LogP contribution in [0.1, 0.15) is 59.5 Å². The standard InChI is InChI=1S/C29H29Cl2N3O/c30-26-15-25(16-27(31)17-26)29(35)34-19-24(12-13-33-28-6-1-2-7-28)22-10-8-21(9-11-22)23-5-3-4-20(14-23)18-32/h3-5,8-11,14-17,24,28,33H,1-2,6-7,12-13,19H2,(H,34,35). The molecule has 1 aliphatic rings. The average Bonchev–Trinajstić information content (AvgIpc) is 3.39. The number of hydrogen-bond acceptors (Lipinski definition) is 3. The van der Waals surface area contributed by atoms with Crippen molar-refractivity contribution in [2.24, 2.45) is 0 Å². The molecule has 180 valence electrons. The molecule has 0 bridgehead atoms. The summed E-state index contributed by atoms with van der Waals surface area (Å²) < 4.78 is 0. The van der Waals surface area contributed by atoms with Crippen molar-refractivity contribution in [1.82, 2.24) is 10.6 Å². The normalized spacial score (nSPS) is 14.4. The number of carbonyl (C=O) groups is 1. The van der Waals surface area contributed by atoms with Crippen molar-refractivity contribution in [3.63, 3.8) is 0 Å². The summed E-state index contributed by atoms with van der Waals surface area (Å²) >= 11 is 12.2. The monoisotopic (exact) mass is 505 g/mol. The lowest BCUT2D eigenvalue weighted by molar-refractivity contribution is 0.0950. The van der Waals surface area contributed by atoms with E-state index in [2.05, 4.69) is 41.0 Å². The van der Waals surface area contributed by atoms with Crippen LogP contribution in [0, 0.1) is 11.3 Å². The van der Waals surface area contributed by atoms with Gasteiger partial charge in [0.2, 0.25) is 0 Å². The molecule has 35 heavy (non-hydrogen) atoms. The molecule has 0 saturated heterocycles. The van der Waals surface area contributed by atoms with Gasteiger partial charge in [-0.1, -0.05) is 72.4 Å². The summed E-state index contributed by atoms with van der Waals surface area (Å²) in [5, 5.41) is 16.8. The molecule has 4 rings (SSSR count). The Bertz CT molecular complexity index is 1180. The maximum absolute atomic E-state index is 12.8. The fourth-order valence-corrected chi connectivity index (χ4v) is 5.22. The molecular weight excluding hydrogens is 477 g/mol. The minimum atomic E-state index is -0.187. The van der Waals surface area contributed by atoms with Crippen LogP contribution in [0.4, 0.5) is 0 Å². The summed E-state index contributed by atoms with van der Waals surface area (Å²) in [7, 11) is 0. The molecule has 3 aromatic rings. The Morgan fingerprint density at radius 2 is 1.69 bits per heavy atom. The van der Waals surface area contributed by atoms with Crippen molar-refractivity contribution in [3.8, 4) is 17.2 Å². The molecule has 1 saturated carbocycles. The topological polar surface area (TPSA) is 64.9 Å². The van der Waals surface area contributed by atoms with Gasteiger partial charge in [0, 0.05) is 34.1 Å². The molecule has 1 fully saturated rings. The van der Waals surface area contributed by atoms with E-state index >= 15 is 0 Å². The molecular formula is C29H29Cl2N3O. The zero-order valence-electron chi connectivity index (χ0n) is 19.6. The van der Waals surface area contributed by atoms with E-state index < -0.39 is 0 Å². The van der Waals surface area contributed by atoms with E-state index in [0.29, 0.717) is 33.8 Å². The summed E-state index contributed by atoms with van der Waals surface area (Å²) in [4.78, 5) is 12.8. The highest BCUT2D eigenvalue weighted by Gasteiger charge is 2.18. The number of nitrogens with zero attached hydrogens (tertiary/aromatic N) is 1. The molecule has 0 spiro atoms.